The van der Waals surface area contributed by atoms with Gasteiger partial charge in [-0.2, -0.15) is 4.98 Å². The fourth-order valence-corrected chi connectivity index (χ4v) is 2.37. The summed E-state index contributed by atoms with van der Waals surface area (Å²) in [6, 6.07) is 7.64. The van der Waals surface area contributed by atoms with Crippen LogP contribution in [0.5, 0.6) is 5.75 Å². The van der Waals surface area contributed by atoms with Gasteiger partial charge in [0.2, 0.25) is 5.89 Å². The molecule has 0 spiro atoms. The van der Waals surface area contributed by atoms with E-state index in [4.69, 9.17) is 19.7 Å². The molecule has 0 bridgehead atoms. The van der Waals surface area contributed by atoms with Gasteiger partial charge >= 0.3 is 0 Å². The minimum atomic E-state index is -0.362. The second kappa shape index (κ2) is 6.24. The summed E-state index contributed by atoms with van der Waals surface area (Å²) in [4.78, 5) is 4.40. The first-order chi connectivity index (χ1) is 10.3. The van der Waals surface area contributed by atoms with Crippen LogP contribution < -0.4 is 10.5 Å². The van der Waals surface area contributed by atoms with Crippen molar-refractivity contribution in [3.8, 4) is 5.75 Å². The zero-order valence-corrected chi connectivity index (χ0v) is 12.0. The normalized spacial score (nSPS) is 18.9. The third kappa shape index (κ3) is 3.06. The van der Waals surface area contributed by atoms with Crippen molar-refractivity contribution in [1.82, 2.24) is 10.1 Å². The Morgan fingerprint density at radius 1 is 1.43 bits per heavy atom. The van der Waals surface area contributed by atoms with E-state index in [0.717, 1.165) is 17.7 Å². The molecule has 2 aromatic rings. The number of nitrogens with zero attached hydrogens (tertiary/aromatic N) is 2. The first-order valence-corrected chi connectivity index (χ1v) is 7.15. The number of para-hydroxylation sites is 1. The molecule has 1 aromatic carbocycles. The number of hydrogen-bond donors (Lipinski definition) is 1. The van der Waals surface area contributed by atoms with Gasteiger partial charge in [0, 0.05) is 6.61 Å². The lowest BCUT2D eigenvalue weighted by atomic mass is 9.97. The molecule has 0 saturated carbocycles. The van der Waals surface area contributed by atoms with Crippen LogP contribution in [0, 0.1) is 0 Å². The third-order valence-corrected chi connectivity index (χ3v) is 3.52. The molecule has 2 atom stereocenters. The van der Waals surface area contributed by atoms with E-state index >= 15 is 0 Å². The standard InChI is InChI=1S/C15H19N3O3/c1-2-19-9-12(16)14-17-15(21-18-14)11-7-10-5-3-4-6-13(10)20-8-11/h3-6,11-12H,2,7-9,16H2,1H3. The number of fused-ring (bicyclic) bond motifs is 1. The van der Waals surface area contributed by atoms with Crippen molar-refractivity contribution in [2.45, 2.75) is 25.3 Å². The van der Waals surface area contributed by atoms with Gasteiger partial charge in [-0.3, -0.25) is 0 Å². The second-order valence-corrected chi connectivity index (χ2v) is 5.08. The Hall–Kier alpha value is -1.92. The lowest BCUT2D eigenvalue weighted by Crippen LogP contribution is -2.21. The van der Waals surface area contributed by atoms with Gasteiger partial charge < -0.3 is 19.7 Å². The van der Waals surface area contributed by atoms with Gasteiger partial charge in [0.25, 0.3) is 0 Å². The molecule has 1 aromatic heterocycles. The zero-order valence-electron chi connectivity index (χ0n) is 12.0. The molecule has 0 radical (unpaired) electrons. The predicted molar refractivity (Wildman–Crippen MR) is 76.1 cm³/mol. The maximum Gasteiger partial charge on any atom is 0.233 e. The van der Waals surface area contributed by atoms with Crippen LogP contribution >= 0.6 is 0 Å². The summed E-state index contributed by atoms with van der Waals surface area (Å²) in [6.07, 6.45) is 0.832. The fraction of sp³-hybridized carbons (Fsp3) is 0.467. The number of nitrogens with two attached hydrogens (primary N) is 1. The van der Waals surface area contributed by atoms with Gasteiger partial charge in [-0.15, -0.1) is 0 Å². The number of rotatable bonds is 5. The Labute approximate surface area is 123 Å². The number of hydrogen-bond acceptors (Lipinski definition) is 6. The summed E-state index contributed by atoms with van der Waals surface area (Å²) in [5.74, 6) is 2.06. The van der Waals surface area contributed by atoms with Crippen molar-refractivity contribution in [3.05, 3.63) is 41.5 Å². The third-order valence-electron chi connectivity index (χ3n) is 3.52. The lowest BCUT2D eigenvalue weighted by molar-refractivity contribution is 0.130. The van der Waals surface area contributed by atoms with E-state index in [1.807, 2.05) is 25.1 Å². The first-order valence-electron chi connectivity index (χ1n) is 7.15. The van der Waals surface area contributed by atoms with Gasteiger partial charge in [0.1, 0.15) is 12.4 Å². The molecule has 0 saturated heterocycles. The van der Waals surface area contributed by atoms with Gasteiger partial charge in [-0.25, -0.2) is 0 Å². The van der Waals surface area contributed by atoms with Gasteiger partial charge in [0.05, 0.1) is 18.6 Å². The monoisotopic (exact) mass is 289 g/mol. The van der Waals surface area contributed by atoms with Gasteiger partial charge in [0.15, 0.2) is 5.82 Å². The van der Waals surface area contributed by atoms with Crippen molar-refractivity contribution in [3.63, 3.8) is 0 Å². The summed E-state index contributed by atoms with van der Waals surface area (Å²) in [7, 11) is 0. The molecule has 6 heteroatoms. The quantitative estimate of drug-likeness (QED) is 0.904. The van der Waals surface area contributed by atoms with E-state index in [-0.39, 0.29) is 12.0 Å². The van der Waals surface area contributed by atoms with E-state index in [1.165, 1.54) is 0 Å². The predicted octanol–water partition coefficient (Wildman–Crippen LogP) is 1.82. The van der Waals surface area contributed by atoms with Crippen molar-refractivity contribution in [2.24, 2.45) is 5.73 Å². The van der Waals surface area contributed by atoms with Crippen LogP contribution in [0.4, 0.5) is 0 Å². The summed E-state index contributed by atoms with van der Waals surface area (Å²) >= 11 is 0. The van der Waals surface area contributed by atoms with E-state index in [9.17, 15) is 0 Å². The second-order valence-electron chi connectivity index (χ2n) is 5.08. The molecule has 3 rings (SSSR count). The molecule has 21 heavy (non-hydrogen) atoms. The molecular formula is C15H19N3O3. The fourth-order valence-electron chi connectivity index (χ4n) is 2.37. The average molecular weight is 289 g/mol. The van der Waals surface area contributed by atoms with Crippen LogP contribution in [0.15, 0.2) is 28.8 Å². The molecule has 1 aliphatic heterocycles. The molecule has 112 valence electrons. The number of benzene rings is 1. The van der Waals surface area contributed by atoms with Crippen molar-refractivity contribution in [2.75, 3.05) is 19.8 Å². The Morgan fingerprint density at radius 3 is 3.14 bits per heavy atom. The van der Waals surface area contributed by atoms with Crippen LogP contribution in [0.2, 0.25) is 0 Å². The van der Waals surface area contributed by atoms with Crippen molar-refractivity contribution < 1.29 is 14.0 Å². The van der Waals surface area contributed by atoms with E-state index < -0.39 is 0 Å². The highest BCUT2D eigenvalue weighted by Gasteiger charge is 2.27. The summed E-state index contributed by atoms with van der Waals surface area (Å²) in [5, 5.41) is 3.95. The first kappa shape index (κ1) is 14.0. The van der Waals surface area contributed by atoms with E-state index in [1.54, 1.807) is 0 Å². The van der Waals surface area contributed by atoms with Crippen LogP contribution in [0.25, 0.3) is 0 Å². The Kier molecular flexibility index (Phi) is 4.17. The smallest absolute Gasteiger partial charge is 0.233 e. The van der Waals surface area contributed by atoms with Gasteiger partial charge in [-0.05, 0) is 25.0 Å². The summed E-state index contributed by atoms with van der Waals surface area (Å²) in [6.45, 7) is 3.47. The van der Waals surface area contributed by atoms with Crippen LogP contribution in [0.3, 0.4) is 0 Å². The van der Waals surface area contributed by atoms with Crippen molar-refractivity contribution >= 4 is 0 Å². The highest BCUT2D eigenvalue weighted by atomic mass is 16.5. The number of ether oxygens (including phenoxy) is 2. The molecule has 0 aliphatic carbocycles. The molecule has 1 aliphatic rings. The number of aromatic nitrogens is 2. The summed E-state index contributed by atoms with van der Waals surface area (Å²) in [5.41, 5.74) is 7.12. The molecule has 2 N–H and O–H groups in total. The molecule has 0 amide bonds. The Balaban J connectivity index is 1.70. The van der Waals surface area contributed by atoms with Crippen LogP contribution in [0.1, 0.15) is 36.2 Å². The topological polar surface area (TPSA) is 83.4 Å². The molecule has 6 nitrogen and oxygen atoms in total. The minimum Gasteiger partial charge on any atom is -0.492 e. The Morgan fingerprint density at radius 2 is 2.29 bits per heavy atom. The van der Waals surface area contributed by atoms with Gasteiger partial charge in [-0.1, -0.05) is 23.4 Å². The maximum atomic E-state index is 5.96. The van der Waals surface area contributed by atoms with Crippen molar-refractivity contribution in [1.29, 1.82) is 0 Å². The van der Waals surface area contributed by atoms with E-state index in [0.29, 0.717) is 31.5 Å². The largest absolute Gasteiger partial charge is 0.492 e. The SMILES string of the molecule is CCOCC(N)c1noc(C2COc3ccccc3C2)n1. The average Bonchev–Trinajstić information content (AvgIpc) is 3.02. The highest BCUT2D eigenvalue weighted by molar-refractivity contribution is 5.36. The van der Waals surface area contributed by atoms with Crippen LogP contribution in [-0.4, -0.2) is 30.0 Å². The zero-order chi connectivity index (χ0) is 14.7. The maximum absolute atomic E-state index is 5.96. The minimum absolute atomic E-state index is 0.0699. The molecule has 0 fully saturated rings. The molecule has 2 heterocycles. The highest BCUT2D eigenvalue weighted by Crippen LogP contribution is 2.31. The summed E-state index contributed by atoms with van der Waals surface area (Å²) < 4.78 is 16.4. The lowest BCUT2D eigenvalue weighted by Gasteiger charge is -2.22. The molecular weight excluding hydrogens is 270 g/mol. The Bertz CT molecular complexity index is 599. The molecule has 2 unspecified atom stereocenters. The van der Waals surface area contributed by atoms with E-state index in [2.05, 4.69) is 16.2 Å². The van der Waals surface area contributed by atoms with Crippen LogP contribution in [-0.2, 0) is 11.2 Å².